The number of benzene rings is 1. The SMILES string of the molecule is C#CC(C)(C)NCc1cc(Cl)cc(Cl)c1O. The first-order valence-electron chi connectivity index (χ1n) is 4.75. The van der Waals surface area contributed by atoms with Gasteiger partial charge in [-0.3, -0.25) is 5.32 Å². The molecule has 0 atom stereocenters. The van der Waals surface area contributed by atoms with E-state index in [1.54, 1.807) is 6.07 Å². The van der Waals surface area contributed by atoms with Gasteiger partial charge in [0.1, 0.15) is 5.75 Å². The molecule has 2 nitrogen and oxygen atoms in total. The Balaban J connectivity index is 2.87. The number of hydrogen-bond acceptors (Lipinski definition) is 2. The molecule has 0 spiro atoms. The minimum Gasteiger partial charge on any atom is -0.506 e. The van der Waals surface area contributed by atoms with Crippen LogP contribution in [0.25, 0.3) is 0 Å². The molecule has 0 fully saturated rings. The first-order valence-corrected chi connectivity index (χ1v) is 5.51. The van der Waals surface area contributed by atoms with E-state index in [1.165, 1.54) is 6.07 Å². The van der Waals surface area contributed by atoms with E-state index in [9.17, 15) is 5.11 Å². The summed E-state index contributed by atoms with van der Waals surface area (Å²) in [5.41, 5.74) is 0.183. The summed E-state index contributed by atoms with van der Waals surface area (Å²) in [4.78, 5) is 0. The highest BCUT2D eigenvalue weighted by Gasteiger charge is 2.14. The Morgan fingerprint density at radius 2 is 2.06 bits per heavy atom. The summed E-state index contributed by atoms with van der Waals surface area (Å²) in [6.45, 7) is 4.15. The molecule has 1 aromatic rings. The smallest absolute Gasteiger partial charge is 0.138 e. The van der Waals surface area contributed by atoms with Gasteiger partial charge < -0.3 is 5.11 Å². The second-order valence-corrected chi connectivity index (χ2v) is 4.86. The Morgan fingerprint density at radius 1 is 1.44 bits per heavy atom. The van der Waals surface area contributed by atoms with Crippen LogP contribution in [0.3, 0.4) is 0 Å². The molecule has 86 valence electrons. The average molecular weight is 258 g/mol. The fraction of sp³-hybridized carbons (Fsp3) is 0.333. The van der Waals surface area contributed by atoms with Gasteiger partial charge >= 0.3 is 0 Å². The Bertz CT molecular complexity index is 435. The summed E-state index contributed by atoms with van der Waals surface area (Å²) in [7, 11) is 0. The molecule has 0 saturated heterocycles. The third kappa shape index (κ3) is 3.31. The minimum absolute atomic E-state index is 0.0337. The molecule has 0 saturated carbocycles. The van der Waals surface area contributed by atoms with Crippen molar-refractivity contribution in [3.8, 4) is 18.1 Å². The molecule has 0 unspecified atom stereocenters. The molecule has 2 N–H and O–H groups in total. The van der Waals surface area contributed by atoms with Crippen LogP contribution < -0.4 is 5.32 Å². The zero-order chi connectivity index (χ0) is 12.3. The number of nitrogens with one attached hydrogen (secondary N) is 1. The highest BCUT2D eigenvalue weighted by molar-refractivity contribution is 6.35. The molecule has 0 bridgehead atoms. The number of aromatic hydroxyl groups is 1. The molecule has 0 radical (unpaired) electrons. The van der Waals surface area contributed by atoms with Gasteiger partial charge in [0.25, 0.3) is 0 Å². The Labute approximate surface area is 106 Å². The van der Waals surface area contributed by atoms with Gasteiger partial charge in [0, 0.05) is 17.1 Å². The van der Waals surface area contributed by atoms with Gasteiger partial charge in [0.15, 0.2) is 0 Å². The van der Waals surface area contributed by atoms with Gasteiger partial charge in [-0.05, 0) is 26.0 Å². The summed E-state index contributed by atoms with van der Waals surface area (Å²) in [6, 6.07) is 3.15. The molecular formula is C12H13Cl2NO. The van der Waals surface area contributed by atoms with Crippen LogP contribution in [0.2, 0.25) is 10.0 Å². The van der Waals surface area contributed by atoms with Crippen LogP contribution in [0.15, 0.2) is 12.1 Å². The molecule has 0 aliphatic heterocycles. The van der Waals surface area contributed by atoms with Crippen molar-refractivity contribution in [2.75, 3.05) is 0 Å². The van der Waals surface area contributed by atoms with Crippen LogP contribution in [-0.4, -0.2) is 10.6 Å². The van der Waals surface area contributed by atoms with E-state index < -0.39 is 5.54 Å². The number of hydrogen-bond donors (Lipinski definition) is 2. The molecule has 1 aromatic carbocycles. The third-order valence-electron chi connectivity index (χ3n) is 2.19. The summed E-state index contributed by atoms with van der Waals surface area (Å²) in [6.07, 6.45) is 5.34. The quantitative estimate of drug-likeness (QED) is 0.816. The van der Waals surface area contributed by atoms with Gasteiger partial charge in [-0.25, -0.2) is 0 Å². The van der Waals surface area contributed by atoms with E-state index in [2.05, 4.69) is 11.2 Å². The van der Waals surface area contributed by atoms with Crippen molar-refractivity contribution in [2.45, 2.75) is 25.9 Å². The standard InChI is InChI=1S/C12H13Cl2NO/c1-4-12(2,3)15-7-8-5-9(13)6-10(14)11(8)16/h1,5-6,15-16H,7H2,2-3H3. The van der Waals surface area contributed by atoms with Gasteiger partial charge in [-0.15, -0.1) is 6.42 Å². The van der Waals surface area contributed by atoms with E-state index in [0.717, 1.165) is 0 Å². The molecule has 0 heterocycles. The lowest BCUT2D eigenvalue weighted by atomic mass is 10.1. The molecular weight excluding hydrogens is 245 g/mol. The molecule has 1 rings (SSSR count). The highest BCUT2D eigenvalue weighted by Crippen LogP contribution is 2.31. The van der Waals surface area contributed by atoms with Crippen molar-refractivity contribution in [1.29, 1.82) is 0 Å². The Hall–Kier alpha value is -0.880. The maximum absolute atomic E-state index is 9.71. The summed E-state index contributed by atoms with van der Waals surface area (Å²) >= 11 is 11.6. The van der Waals surface area contributed by atoms with Crippen molar-refractivity contribution >= 4 is 23.2 Å². The lowest BCUT2D eigenvalue weighted by Crippen LogP contribution is -2.36. The number of rotatable bonds is 3. The van der Waals surface area contributed by atoms with Crippen molar-refractivity contribution in [1.82, 2.24) is 5.32 Å². The second-order valence-electron chi connectivity index (χ2n) is 4.02. The van der Waals surface area contributed by atoms with Crippen molar-refractivity contribution in [3.05, 3.63) is 27.7 Å². The number of halogens is 2. The van der Waals surface area contributed by atoms with Gasteiger partial charge in [-0.2, -0.15) is 0 Å². The van der Waals surface area contributed by atoms with Gasteiger partial charge in [0.05, 0.1) is 10.6 Å². The molecule has 0 amide bonds. The molecule has 16 heavy (non-hydrogen) atoms. The van der Waals surface area contributed by atoms with E-state index in [4.69, 9.17) is 29.6 Å². The van der Waals surface area contributed by atoms with Crippen molar-refractivity contribution < 1.29 is 5.11 Å². The van der Waals surface area contributed by atoms with Crippen molar-refractivity contribution in [2.24, 2.45) is 0 Å². The van der Waals surface area contributed by atoms with Crippen LogP contribution >= 0.6 is 23.2 Å². The molecule has 0 aliphatic rings. The highest BCUT2D eigenvalue weighted by atomic mass is 35.5. The van der Waals surface area contributed by atoms with E-state index >= 15 is 0 Å². The van der Waals surface area contributed by atoms with Crippen molar-refractivity contribution in [3.63, 3.8) is 0 Å². The maximum atomic E-state index is 9.71. The predicted molar refractivity (Wildman–Crippen MR) is 67.9 cm³/mol. The fourth-order valence-corrected chi connectivity index (χ4v) is 1.66. The number of phenolic OH excluding ortho intramolecular Hbond substituents is 1. The molecule has 4 heteroatoms. The first kappa shape index (κ1) is 13.2. The van der Waals surface area contributed by atoms with Crippen LogP contribution in [0.4, 0.5) is 0 Å². The van der Waals surface area contributed by atoms with Gasteiger partial charge in [-0.1, -0.05) is 29.1 Å². The molecule has 0 aliphatic carbocycles. The Kier molecular flexibility index (Phi) is 4.09. The number of phenols is 1. The van der Waals surface area contributed by atoms with E-state index in [-0.39, 0.29) is 10.8 Å². The van der Waals surface area contributed by atoms with Crippen LogP contribution in [0, 0.1) is 12.3 Å². The van der Waals surface area contributed by atoms with Crippen LogP contribution in [0.1, 0.15) is 19.4 Å². The topological polar surface area (TPSA) is 32.3 Å². The maximum Gasteiger partial charge on any atom is 0.138 e. The van der Waals surface area contributed by atoms with E-state index in [1.807, 2.05) is 13.8 Å². The number of terminal acetylenes is 1. The van der Waals surface area contributed by atoms with E-state index in [0.29, 0.717) is 17.1 Å². The fourth-order valence-electron chi connectivity index (χ4n) is 1.12. The van der Waals surface area contributed by atoms with Crippen LogP contribution in [0.5, 0.6) is 5.75 Å². The molecule has 0 aromatic heterocycles. The summed E-state index contributed by atoms with van der Waals surface area (Å²) < 4.78 is 0. The average Bonchev–Trinajstić information content (AvgIpc) is 2.21. The monoisotopic (exact) mass is 257 g/mol. The van der Waals surface area contributed by atoms with Crippen LogP contribution in [-0.2, 0) is 6.54 Å². The lowest BCUT2D eigenvalue weighted by Gasteiger charge is -2.20. The zero-order valence-electron chi connectivity index (χ0n) is 9.14. The largest absolute Gasteiger partial charge is 0.506 e. The second kappa shape index (κ2) is 4.97. The Morgan fingerprint density at radius 3 is 2.62 bits per heavy atom. The summed E-state index contributed by atoms with van der Waals surface area (Å²) in [5, 5.41) is 13.5. The minimum atomic E-state index is -0.443. The van der Waals surface area contributed by atoms with Gasteiger partial charge in [0.2, 0.25) is 0 Å². The summed E-state index contributed by atoms with van der Waals surface area (Å²) in [5.74, 6) is 2.64. The lowest BCUT2D eigenvalue weighted by molar-refractivity contribution is 0.448. The zero-order valence-corrected chi connectivity index (χ0v) is 10.7. The third-order valence-corrected chi connectivity index (χ3v) is 2.70. The normalized spacial score (nSPS) is 11.2. The predicted octanol–water partition coefficient (Wildman–Crippen LogP) is 3.20. The first-order chi connectivity index (χ1) is 7.35.